The average molecular weight is 361 g/mol. The van der Waals surface area contributed by atoms with Crippen molar-refractivity contribution in [1.82, 2.24) is 0 Å². The first-order valence-corrected chi connectivity index (χ1v) is 8.42. The Morgan fingerprint density at radius 2 is 1.72 bits per heavy atom. The maximum Gasteiger partial charge on any atom is 0.417 e. The first kappa shape index (κ1) is 16.6. The Hall–Kier alpha value is -3.24. The first-order chi connectivity index (χ1) is 11.8. The molecule has 0 saturated heterocycles. The Morgan fingerprint density at radius 1 is 1.08 bits per heavy atom. The van der Waals surface area contributed by atoms with Crippen LogP contribution >= 0.6 is 0 Å². The van der Waals surface area contributed by atoms with Crippen molar-refractivity contribution in [2.45, 2.75) is 4.90 Å². The SMILES string of the molecule is NS(=O)(=O)c1ccc(Nc2c([N+](=O)[O-])c(=O)oc3ccccc23)cc1. The summed E-state index contributed by atoms with van der Waals surface area (Å²) >= 11 is 0. The quantitative estimate of drug-likeness (QED) is 0.411. The Kier molecular flexibility index (Phi) is 3.99. The molecule has 0 atom stereocenters. The lowest BCUT2D eigenvalue weighted by molar-refractivity contribution is -0.386. The van der Waals surface area contributed by atoms with E-state index in [-0.39, 0.29) is 16.2 Å². The van der Waals surface area contributed by atoms with Crippen molar-refractivity contribution in [1.29, 1.82) is 0 Å². The van der Waals surface area contributed by atoms with Crippen LogP contribution in [0.15, 0.2) is 62.6 Å². The van der Waals surface area contributed by atoms with Crippen molar-refractivity contribution in [2.75, 3.05) is 5.32 Å². The van der Waals surface area contributed by atoms with E-state index in [1.807, 2.05) is 0 Å². The first-order valence-electron chi connectivity index (χ1n) is 6.87. The van der Waals surface area contributed by atoms with Gasteiger partial charge in [0.2, 0.25) is 10.0 Å². The van der Waals surface area contributed by atoms with E-state index in [4.69, 9.17) is 9.56 Å². The lowest BCUT2D eigenvalue weighted by Gasteiger charge is -2.09. The highest BCUT2D eigenvalue weighted by Crippen LogP contribution is 2.32. The number of nitrogens with zero attached hydrogens (tertiary/aromatic N) is 1. The number of anilines is 2. The molecule has 0 unspecified atom stereocenters. The van der Waals surface area contributed by atoms with E-state index in [1.54, 1.807) is 18.2 Å². The van der Waals surface area contributed by atoms with Crippen LogP contribution in [0.1, 0.15) is 0 Å². The summed E-state index contributed by atoms with van der Waals surface area (Å²) in [6, 6.07) is 11.6. The fraction of sp³-hybridized carbons (Fsp3) is 0. The molecule has 0 spiro atoms. The molecular weight excluding hydrogens is 350 g/mol. The minimum Gasteiger partial charge on any atom is -0.418 e. The number of primary sulfonamides is 1. The second-order valence-corrected chi connectivity index (χ2v) is 6.62. The van der Waals surface area contributed by atoms with E-state index in [0.29, 0.717) is 11.1 Å². The summed E-state index contributed by atoms with van der Waals surface area (Å²) in [6.45, 7) is 0. The third kappa shape index (κ3) is 3.20. The molecule has 2 aromatic carbocycles. The molecule has 0 bridgehead atoms. The van der Waals surface area contributed by atoms with Gasteiger partial charge in [-0.25, -0.2) is 18.4 Å². The zero-order valence-electron chi connectivity index (χ0n) is 12.5. The van der Waals surface area contributed by atoms with Gasteiger partial charge in [0, 0.05) is 11.1 Å². The topological polar surface area (TPSA) is 146 Å². The Balaban J connectivity index is 2.16. The Bertz CT molecular complexity index is 1140. The highest BCUT2D eigenvalue weighted by molar-refractivity contribution is 7.89. The van der Waals surface area contributed by atoms with Crippen LogP contribution in [-0.4, -0.2) is 13.3 Å². The van der Waals surface area contributed by atoms with Crippen LogP contribution < -0.4 is 16.1 Å². The van der Waals surface area contributed by atoms with Gasteiger partial charge in [-0.05, 0) is 36.4 Å². The summed E-state index contributed by atoms with van der Waals surface area (Å²) in [5.74, 6) is 0. The van der Waals surface area contributed by atoms with Crippen molar-refractivity contribution in [3.63, 3.8) is 0 Å². The predicted octanol–water partition coefficient (Wildman–Crippen LogP) is 2.09. The van der Waals surface area contributed by atoms with Gasteiger partial charge in [0.05, 0.1) is 9.82 Å². The molecule has 3 N–H and O–H groups in total. The Labute approximate surface area is 140 Å². The van der Waals surface area contributed by atoms with E-state index in [0.717, 1.165) is 0 Å². The average Bonchev–Trinajstić information content (AvgIpc) is 2.54. The molecule has 0 fully saturated rings. The molecule has 3 rings (SSSR count). The van der Waals surface area contributed by atoms with Crippen molar-refractivity contribution < 1.29 is 17.8 Å². The number of rotatable bonds is 4. The molecule has 128 valence electrons. The number of nitro groups is 1. The molecule has 0 aliphatic heterocycles. The maximum atomic E-state index is 11.9. The van der Waals surface area contributed by atoms with Crippen LogP contribution in [0.25, 0.3) is 11.0 Å². The van der Waals surface area contributed by atoms with Gasteiger partial charge in [0.15, 0.2) is 0 Å². The standard InChI is InChI=1S/C15H11N3O6S/c16-25(22,23)10-7-5-9(6-8-10)17-13-11-3-1-2-4-12(11)24-15(19)14(13)18(20)21/h1-8,17H,(H2,16,22,23). The van der Waals surface area contributed by atoms with Gasteiger partial charge >= 0.3 is 11.3 Å². The van der Waals surface area contributed by atoms with Gasteiger partial charge in [0.1, 0.15) is 11.3 Å². The van der Waals surface area contributed by atoms with Gasteiger partial charge in [-0.2, -0.15) is 0 Å². The van der Waals surface area contributed by atoms with Crippen molar-refractivity contribution in [3.05, 3.63) is 69.1 Å². The van der Waals surface area contributed by atoms with Crippen LogP contribution in [0.2, 0.25) is 0 Å². The van der Waals surface area contributed by atoms with Crippen LogP contribution in [0.5, 0.6) is 0 Å². The molecule has 25 heavy (non-hydrogen) atoms. The molecule has 9 nitrogen and oxygen atoms in total. The zero-order valence-corrected chi connectivity index (χ0v) is 13.3. The number of fused-ring (bicyclic) bond motifs is 1. The highest BCUT2D eigenvalue weighted by Gasteiger charge is 2.24. The number of para-hydroxylation sites is 1. The lowest BCUT2D eigenvalue weighted by Crippen LogP contribution is -2.12. The number of nitrogens with one attached hydrogen (secondary N) is 1. The van der Waals surface area contributed by atoms with Crippen molar-refractivity contribution in [3.8, 4) is 0 Å². The summed E-state index contributed by atoms with van der Waals surface area (Å²) in [5, 5.41) is 19.4. The van der Waals surface area contributed by atoms with Crippen LogP contribution in [0, 0.1) is 10.1 Å². The summed E-state index contributed by atoms with van der Waals surface area (Å²) in [5.41, 5.74) is -1.35. The highest BCUT2D eigenvalue weighted by atomic mass is 32.2. The molecule has 0 aliphatic rings. The number of sulfonamides is 1. The third-order valence-corrected chi connectivity index (χ3v) is 4.35. The number of nitrogens with two attached hydrogens (primary N) is 1. The fourth-order valence-electron chi connectivity index (χ4n) is 2.30. The van der Waals surface area contributed by atoms with Gasteiger partial charge in [-0.15, -0.1) is 0 Å². The van der Waals surface area contributed by atoms with E-state index >= 15 is 0 Å². The number of hydrogen-bond acceptors (Lipinski definition) is 7. The number of hydrogen-bond donors (Lipinski definition) is 2. The lowest BCUT2D eigenvalue weighted by atomic mass is 10.1. The van der Waals surface area contributed by atoms with Gasteiger partial charge < -0.3 is 9.73 Å². The van der Waals surface area contributed by atoms with Gasteiger partial charge in [-0.1, -0.05) is 12.1 Å². The van der Waals surface area contributed by atoms with E-state index < -0.39 is 26.3 Å². The minimum atomic E-state index is -3.86. The van der Waals surface area contributed by atoms with Crippen LogP contribution in [-0.2, 0) is 10.0 Å². The fourth-order valence-corrected chi connectivity index (χ4v) is 2.82. The largest absolute Gasteiger partial charge is 0.418 e. The molecule has 0 radical (unpaired) electrons. The second kappa shape index (κ2) is 6.00. The van der Waals surface area contributed by atoms with Crippen LogP contribution in [0.4, 0.5) is 17.1 Å². The molecule has 0 saturated carbocycles. The van der Waals surface area contributed by atoms with Crippen LogP contribution in [0.3, 0.4) is 0 Å². The smallest absolute Gasteiger partial charge is 0.417 e. The minimum absolute atomic E-state index is 0.0415. The Morgan fingerprint density at radius 3 is 2.32 bits per heavy atom. The summed E-state index contributed by atoms with van der Waals surface area (Å²) in [7, 11) is -3.86. The van der Waals surface area contributed by atoms with E-state index in [9.17, 15) is 23.3 Å². The van der Waals surface area contributed by atoms with Gasteiger partial charge in [-0.3, -0.25) is 10.1 Å². The second-order valence-electron chi connectivity index (χ2n) is 5.06. The third-order valence-electron chi connectivity index (χ3n) is 3.42. The normalized spacial score (nSPS) is 11.4. The predicted molar refractivity (Wildman–Crippen MR) is 90.2 cm³/mol. The van der Waals surface area contributed by atoms with Gasteiger partial charge in [0.25, 0.3) is 0 Å². The maximum absolute atomic E-state index is 11.9. The molecule has 10 heteroatoms. The summed E-state index contributed by atoms with van der Waals surface area (Å²) < 4.78 is 27.5. The zero-order chi connectivity index (χ0) is 18.2. The molecule has 0 aliphatic carbocycles. The number of benzene rings is 2. The molecular formula is C15H11N3O6S. The molecule has 1 heterocycles. The molecule has 3 aromatic rings. The molecule has 1 aromatic heterocycles. The monoisotopic (exact) mass is 361 g/mol. The summed E-state index contributed by atoms with van der Waals surface area (Å²) in [4.78, 5) is 22.3. The van der Waals surface area contributed by atoms with E-state index in [2.05, 4.69) is 5.32 Å². The van der Waals surface area contributed by atoms with Crippen molar-refractivity contribution >= 4 is 38.1 Å². The molecule has 0 amide bonds. The van der Waals surface area contributed by atoms with Crippen molar-refractivity contribution in [2.24, 2.45) is 5.14 Å². The van der Waals surface area contributed by atoms with E-state index in [1.165, 1.54) is 30.3 Å². The summed E-state index contributed by atoms with van der Waals surface area (Å²) in [6.07, 6.45) is 0.